The van der Waals surface area contributed by atoms with Crippen LogP contribution in [0.25, 0.3) is 0 Å². The van der Waals surface area contributed by atoms with E-state index in [-0.39, 0.29) is 25.0 Å². The van der Waals surface area contributed by atoms with Crippen LogP contribution in [0.4, 0.5) is 0 Å². The molecule has 1 atom stereocenters. The normalized spacial score (nSPS) is 19.3. The molecule has 1 saturated carbocycles. The van der Waals surface area contributed by atoms with Crippen LogP contribution in [0, 0.1) is 0 Å². The van der Waals surface area contributed by atoms with Crippen molar-refractivity contribution in [3.8, 4) is 5.75 Å². The van der Waals surface area contributed by atoms with Crippen molar-refractivity contribution in [3.63, 3.8) is 0 Å². The first-order chi connectivity index (χ1) is 13.3. The van der Waals surface area contributed by atoms with E-state index < -0.39 is 5.97 Å². The van der Waals surface area contributed by atoms with Crippen molar-refractivity contribution in [1.82, 2.24) is 15.1 Å². The fourth-order valence-electron chi connectivity index (χ4n) is 3.31. The highest BCUT2D eigenvalue weighted by Gasteiger charge is 2.40. The van der Waals surface area contributed by atoms with Crippen molar-refractivity contribution < 1.29 is 19.4 Å². The molecular formula is C20H25N3O4S. The maximum Gasteiger partial charge on any atom is 0.306 e. The molecule has 7 nitrogen and oxygen atoms in total. The van der Waals surface area contributed by atoms with Gasteiger partial charge in [-0.05, 0) is 49.7 Å². The van der Waals surface area contributed by atoms with Gasteiger partial charge < -0.3 is 25.0 Å². The summed E-state index contributed by atoms with van der Waals surface area (Å²) in [5.74, 6) is -0.363. The Morgan fingerprint density at radius 3 is 2.46 bits per heavy atom. The highest BCUT2D eigenvalue weighted by Crippen LogP contribution is 2.38. The maximum atomic E-state index is 12.9. The summed E-state index contributed by atoms with van der Waals surface area (Å²) in [6.45, 7) is 2.07. The molecular weight excluding hydrogens is 378 g/mol. The van der Waals surface area contributed by atoms with Gasteiger partial charge in [-0.2, -0.15) is 0 Å². The number of ether oxygens (including phenoxy) is 1. The van der Waals surface area contributed by atoms with E-state index in [1.165, 1.54) is 0 Å². The van der Waals surface area contributed by atoms with Crippen molar-refractivity contribution in [2.45, 2.75) is 38.3 Å². The Balaban J connectivity index is 1.87. The number of carboxylic acids is 1. The Bertz CT molecular complexity index is 815. The molecule has 0 aromatic heterocycles. The maximum absolute atomic E-state index is 12.9. The van der Waals surface area contributed by atoms with E-state index in [1.54, 1.807) is 31.1 Å². The standard InChI is InChI=1S/C20H25N3O4S/c1-12-17(19(26)22(2)3)18(21-20(28)23(12)14-6-7-14)13-4-8-15(9-5-13)27-11-10-16(24)25/h4-5,8-9,14,18H,6-7,10-11H2,1-3H3,(H,21,28)(H,24,25). The first-order valence-electron chi connectivity index (χ1n) is 9.26. The molecule has 1 aromatic carbocycles. The minimum atomic E-state index is -0.899. The van der Waals surface area contributed by atoms with Gasteiger partial charge in [-0.25, -0.2) is 0 Å². The van der Waals surface area contributed by atoms with Crippen LogP contribution in [0.3, 0.4) is 0 Å². The second-order valence-corrected chi connectivity index (χ2v) is 7.63. The number of likely N-dealkylation sites (N-methyl/N-ethyl adjacent to an activating group) is 1. The third-order valence-corrected chi connectivity index (χ3v) is 5.19. The molecule has 1 fully saturated rings. The van der Waals surface area contributed by atoms with E-state index in [9.17, 15) is 9.59 Å². The number of thiocarbonyl (C=S) groups is 1. The largest absolute Gasteiger partial charge is 0.493 e. The quantitative estimate of drug-likeness (QED) is 0.676. The zero-order valence-electron chi connectivity index (χ0n) is 16.3. The number of amides is 1. The monoisotopic (exact) mass is 403 g/mol. The third-order valence-electron chi connectivity index (χ3n) is 4.87. The summed E-state index contributed by atoms with van der Waals surface area (Å²) >= 11 is 5.59. The molecule has 0 bridgehead atoms. The lowest BCUT2D eigenvalue weighted by molar-refractivity contribution is -0.137. The summed E-state index contributed by atoms with van der Waals surface area (Å²) in [6, 6.07) is 7.34. The summed E-state index contributed by atoms with van der Waals surface area (Å²) in [4.78, 5) is 27.2. The lowest BCUT2D eigenvalue weighted by atomic mass is 9.94. The molecule has 150 valence electrons. The van der Waals surface area contributed by atoms with Crippen molar-refractivity contribution in [2.75, 3.05) is 20.7 Å². The van der Waals surface area contributed by atoms with Crippen LogP contribution in [-0.4, -0.2) is 58.6 Å². The number of nitrogens with zero attached hydrogens (tertiary/aromatic N) is 2. The fraction of sp³-hybridized carbons (Fsp3) is 0.450. The van der Waals surface area contributed by atoms with Crippen molar-refractivity contribution >= 4 is 29.2 Å². The number of aliphatic carboxylic acids is 1. The molecule has 1 aliphatic carbocycles. The molecule has 0 radical (unpaired) electrons. The number of carbonyl (C=O) groups excluding carboxylic acids is 1. The molecule has 28 heavy (non-hydrogen) atoms. The van der Waals surface area contributed by atoms with Gasteiger partial charge in [0.05, 0.1) is 24.6 Å². The van der Waals surface area contributed by atoms with Crippen LogP contribution >= 0.6 is 12.2 Å². The van der Waals surface area contributed by atoms with E-state index >= 15 is 0 Å². The van der Waals surface area contributed by atoms with Crippen LogP contribution in [0.1, 0.15) is 37.8 Å². The zero-order chi connectivity index (χ0) is 20.4. The molecule has 1 heterocycles. The third kappa shape index (κ3) is 4.27. The van der Waals surface area contributed by atoms with Crippen LogP contribution in [0.15, 0.2) is 35.5 Å². The Hall–Kier alpha value is -2.61. The SMILES string of the molecule is CC1=C(C(=O)N(C)C)C(c2ccc(OCCC(=O)O)cc2)NC(=S)N1C1CC1. The number of hydrogen-bond donors (Lipinski definition) is 2. The lowest BCUT2D eigenvalue weighted by Crippen LogP contribution is -2.49. The molecule has 3 rings (SSSR count). The summed E-state index contributed by atoms with van der Waals surface area (Å²) in [5, 5.41) is 12.7. The summed E-state index contributed by atoms with van der Waals surface area (Å²) in [6.07, 6.45) is 2.10. The minimum Gasteiger partial charge on any atom is -0.493 e. The summed E-state index contributed by atoms with van der Waals surface area (Å²) in [7, 11) is 3.49. The number of benzene rings is 1. The van der Waals surface area contributed by atoms with E-state index in [1.807, 2.05) is 19.1 Å². The van der Waals surface area contributed by atoms with Crippen LogP contribution < -0.4 is 10.1 Å². The van der Waals surface area contributed by atoms with Gasteiger partial charge in [-0.15, -0.1) is 0 Å². The predicted molar refractivity (Wildman–Crippen MR) is 109 cm³/mol. The average molecular weight is 404 g/mol. The average Bonchev–Trinajstić information content (AvgIpc) is 3.46. The molecule has 1 amide bonds. The fourth-order valence-corrected chi connectivity index (χ4v) is 3.71. The van der Waals surface area contributed by atoms with Gasteiger partial charge >= 0.3 is 5.97 Å². The first-order valence-corrected chi connectivity index (χ1v) is 9.67. The number of allylic oxidation sites excluding steroid dienone is 1. The highest BCUT2D eigenvalue weighted by atomic mass is 32.1. The van der Waals surface area contributed by atoms with Crippen molar-refractivity contribution in [1.29, 1.82) is 0 Å². The van der Waals surface area contributed by atoms with Crippen molar-refractivity contribution in [3.05, 3.63) is 41.1 Å². The second-order valence-electron chi connectivity index (χ2n) is 7.24. The van der Waals surface area contributed by atoms with E-state index in [0.717, 1.165) is 24.1 Å². The molecule has 1 unspecified atom stereocenters. The first kappa shape index (κ1) is 20.1. The molecule has 1 aliphatic heterocycles. The Morgan fingerprint density at radius 1 is 1.29 bits per heavy atom. The number of carbonyl (C=O) groups is 2. The summed E-state index contributed by atoms with van der Waals surface area (Å²) < 4.78 is 5.45. The van der Waals surface area contributed by atoms with Gasteiger partial charge in [0.15, 0.2) is 5.11 Å². The Morgan fingerprint density at radius 2 is 1.93 bits per heavy atom. The Kier molecular flexibility index (Phi) is 5.88. The van der Waals surface area contributed by atoms with E-state index in [2.05, 4.69) is 10.2 Å². The van der Waals surface area contributed by atoms with Crippen molar-refractivity contribution in [2.24, 2.45) is 0 Å². The molecule has 0 saturated heterocycles. The number of rotatable bonds is 7. The van der Waals surface area contributed by atoms with Gasteiger partial charge in [0.25, 0.3) is 5.91 Å². The van der Waals surface area contributed by atoms with Gasteiger partial charge in [-0.1, -0.05) is 12.1 Å². The lowest BCUT2D eigenvalue weighted by Gasteiger charge is -2.38. The molecule has 2 aliphatic rings. The second kappa shape index (κ2) is 8.18. The molecule has 8 heteroatoms. The van der Waals surface area contributed by atoms with Crippen LogP contribution in [-0.2, 0) is 9.59 Å². The number of carboxylic acid groups (broad SMARTS) is 1. The van der Waals surface area contributed by atoms with Gasteiger partial charge in [0, 0.05) is 25.8 Å². The Labute approximate surface area is 169 Å². The summed E-state index contributed by atoms with van der Waals surface area (Å²) in [5.41, 5.74) is 2.48. The number of nitrogens with one attached hydrogen (secondary N) is 1. The molecule has 0 spiro atoms. The van der Waals surface area contributed by atoms with Crippen LogP contribution in [0.5, 0.6) is 5.75 Å². The topological polar surface area (TPSA) is 82.1 Å². The molecule has 2 N–H and O–H groups in total. The highest BCUT2D eigenvalue weighted by molar-refractivity contribution is 7.80. The van der Waals surface area contributed by atoms with E-state index in [0.29, 0.717) is 22.5 Å². The van der Waals surface area contributed by atoms with Gasteiger partial charge in [0.1, 0.15) is 5.75 Å². The van der Waals surface area contributed by atoms with Crippen LogP contribution in [0.2, 0.25) is 0 Å². The van der Waals surface area contributed by atoms with Gasteiger partial charge in [-0.3, -0.25) is 9.59 Å². The van der Waals surface area contributed by atoms with E-state index in [4.69, 9.17) is 22.1 Å². The molecule has 1 aromatic rings. The smallest absolute Gasteiger partial charge is 0.306 e. The number of hydrogen-bond acceptors (Lipinski definition) is 4. The van der Waals surface area contributed by atoms with Gasteiger partial charge in [0.2, 0.25) is 0 Å². The predicted octanol–water partition coefficient (Wildman–Crippen LogP) is 2.30. The minimum absolute atomic E-state index is 0.0510. The zero-order valence-corrected chi connectivity index (χ0v) is 17.1.